The molecule has 0 spiro atoms. The van der Waals surface area contributed by atoms with E-state index < -0.39 is 10.8 Å². The van der Waals surface area contributed by atoms with Crippen LogP contribution in [0.5, 0.6) is 0 Å². The number of hydrogen-bond acceptors (Lipinski definition) is 5. The number of anilines is 2. The molecule has 1 aromatic carbocycles. The minimum absolute atomic E-state index is 0.117. The SMILES string of the molecule is CC1CCN(c2ccc([N+](=O)[O-])cc2C(=O)Nc2ccc(Cl)cn2)CC1. The number of aromatic nitrogens is 1. The van der Waals surface area contributed by atoms with Crippen molar-refractivity contribution < 1.29 is 9.72 Å². The predicted octanol–water partition coefficient (Wildman–Crippen LogP) is 4.13. The van der Waals surface area contributed by atoms with Crippen molar-refractivity contribution in [3.63, 3.8) is 0 Å². The van der Waals surface area contributed by atoms with E-state index in [9.17, 15) is 14.9 Å². The van der Waals surface area contributed by atoms with E-state index in [0.29, 0.717) is 22.4 Å². The molecule has 136 valence electrons. The van der Waals surface area contributed by atoms with Gasteiger partial charge in [-0.05, 0) is 37.0 Å². The molecule has 1 aromatic heterocycles. The summed E-state index contributed by atoms with van der Waals surface area (Å²) >= 11 is 5.80. The normalized spacial score (nSPS) is 14.9. The molecule has 0 aliphatic carbocycles. The minimum Gasteiger partial charge on any atom is -0.371 e. The van der Waals surface area contributed by atoms with Gasteiger partial charge in [0, 0.05) is 31.4 Å². The number of nitro benzene ring substituents is 1. The van der Waals surface area contributed by atoms with E-state index in [1.807, 2.05) is 0 Å². The van der Waals surface area contributed by atoms with Gasteiger partial charge >= 0.3 is 0 Å². The zero-order valence-electron chi connectivity index (χ0n) is 14.3. The Bertz CT molecular complexity index is 818. The van der Waals surface area contributed by atoms with Gasteiger partial charge in [0.2, 0.25) is 0 Å². The fourth-order valence-corrected chi connectivity index (χ4v) is 3.09. The van der Waals surface area contributed by atoms with Crippen LogP contribution in [0.2, 0.25) is 5.02 Å². The molecule has 2 aromatic rings. The summed E-state index contributed by atoms with van der Waals surface area (Å²) in [6, 6.07) is 7.60. The van der Waals surface area contributed by atoms with Crippen LogP contribution in [0, 0.1) is 16.0 Å². The van der Waals surface area contributed by atoms with Gasteiger partial charge in [0.1, 0.15) is 5.82 Å². The molecule has 1 saturated heterocycles. The lowest BCUT2D eigenvalue weighted by Gasteiger charge is -2.33. The summed E-state index contributed by atoms with van der Waals surface area (Å²) in [5.74, 6) is 0.543. The maximum Gasteiger partial charge on any atom is 0.270 e. The molecule has 1 amide bonds. The summed E-state index contributed by atoms with van der Waals surface area (Å²) in [4.78, 5) is 29.6. The molecular formula is C18H19ClN4O3. The number of non-ortho nitro benzene ring substituents is 1. The Kier molecular flexibility index (Phi) is 5.37. The second-order valence-electron chi connectivity index (χ2n) is 6.44. The van der Waals surface area contributed by atoms with Crippen LogP contribution in [-0.4, -0.2) is 28.9 Å². The van der Waals surface area contributed by atoms with Crippen LogP contribution in [0.25, 0.3) is 0 Å². The average molecular weight is 375 g/mol. The lowest BCUT2D eigenvalue weighted by atomic mass is 9.98. The molecule has 1 aliphatic rings. The van der Waals surface area contributed by atoms with Crippen LogP contribution in [0.4, 0.5) is 17.2 Å². The molecule has 1 aliphatic heterocycles. The Balaban J connectivity index is 1.91. The highest BCUT2D eigenvalue weighted by Gasteiger charge is 2.23. The molecule has 0 saturated carbocycles. The molecule has 2 heterocycles. The van der Waals surface area contributed by atoms with E-state index in [1.54, 1.807) is 18.2 Å². The fourth-order valence-electron chi connectivity index (χ4n) is 2.98. The van der Waals surface area contributed by atoms with E-state index in [2.05, 4.69) is 22.1 Å². The number of benzene rings is 1. The predicted molar refractivity (Wildman–Crippen MR) is 101 cm³/mol. The van der Waals surface area contributed by atoms with Gasteiger partial charge in [-0.2, -0.15) is 0 Å². The standard InChI is InChI=1S/C18H19ClN4O3/c1-12-6-8-22(9-7-12)16-4-3-14(23(25)26)10-15(16)18(24)21-17-5-2-13(19)11-20-17/h2-5,10-12H,6-9H2,1H3,(H,20,21,24). The average Bonchev–Trinajstić information content (AvgIpc) is 2.63. The van der Waals surface area contributed by atoms with Crippen molar-refractivity contribution in [2.45, 2.75) is 19.8 Å². The number of nitrogens with one attached hydrogen (secondary N) is 1. The molecule has 0 unspecified atom stereocenters. The quantitative estimate of drug-likeness (QED) is 0.642. The van der Waals surface area contributed by atoms with Gasteiger partial charge in [-0.1, -0.05) is 18.5 Å². The van der Waals surface area contributed by atoms with E-state index in [0.717, 1.165) is 25.9 Å². The second kappa shape index (κ2) is 7.70. The van der Waals surface area contributed by atoms with Crippen LogP contribution < -0.4 is 10.2 Å². The minimum atomic E-state index is -0.501. The Morgan fingerprint density at radius 1 is 1.31 bits per heavy atom. The molecule has 0 bridgehead atoms. The van der Waals surface area contributed by atoms with Gasteiger partial charge in [0.25, 0.3) is 11.6 Å². The molecule has 26 heavy (non-hydrogen) atoms. The molecule has 8 heteroatoms. The van der Waals surface area contributed by atoms with Crippen molar-refractivity contribution in [3.8, 4) is 0 Å². The van der Waals surface area contributed by atoms with E-state index in [4.69, 9.17) is 11.6 Å². The highest BCUT2D eigenvalue weighted by molar-refractivity contribution is 6.30. The van der Waals surface area contributed by atoms with Gasteiger partial charge in [-0.15, -0.1) is 0 Å². The number of carbonyl (C=O) groups excluding carboxylic acids is 1. The highest BCUT2D eigenvalue weighted by atomic mass is 35.5. The third kappa shape index (κ3) is 4.11. The van der Waals surface area contributed by atoms with Gasteiger partial charge in [-0.3, -0.25) is 14.9 Å². The van der Waals surface area contributed by atoms with Crippen molar-refractivity contribution in [1.82, 2.24) is 4.98 Å². The topological polar surface area (TPSA) is 88.4 Å². The zero-order valence-corrected chi connectivity index (χ0v) is 15.1. The van der Waals surface area contributed by atoms with Crippen molar-refractivity contribution in [3.05, 3.63) is 57.2 Å². The van der Waals surface area contributed by atoms with E-state index in [-0.39, 0.29) is 11.3 Å². The molecule has 7 nitrogen and oxygen atoms in total. The smallest absolute Gasteiger partial charge is 0.270 e. The van der Waals surface area contributed by atoms with E-state index in [1.165, 1.54) is 18.3 Å². The summed E-state index contributed by atoms with van der Waals surface area (Å²) in [6.45, 7) is 3.84. The number of pyridine rings is 1. The number of nitro groups is 1. The third-order valence-electron chi connectivity index (χ3n) is 4.53. The first-order valence-corrected chi connectivity index (χ1v) is 8.78. The lowest BCUT2D eigenvalue weighted by molar-refractivity contribution is -0.384. The van der Waals surface area contributed by atoms with Crippen molar-refractivity contribution in [2.75, 3.05) is 23.3 Å². The molecule has 1 N–H and O–H groups in total. The Morgan fingerprint density at radius 3 is 2.65 bits per heavy atom. The van der Waals surface area contributed by atoms with Gasteiger partial charge < -0.3 is 10.2 Å². The molecular weight excluding hydrogens is 356 g/mol. The largest absolute Gasteiger partial charge is 0.371 e. The summed E-state index contributed by atoms with van der Waals surface area (Å²) in [7, 11) is 0. The summed E-state index contributed by atoms with van der Waals surface area (Å²) in [6.07, 6.45) is 3.48. The lowest BCUT2D eigenvalue weighted by Crippen LogP contribution is -2.34. The summed E-state index contributed by atoms with van der Waals surface area (Å²) < 4.78 is 0. The van der Waals surface area contributed by atoms with Crippen molar-refractivity contribution >= 4 is 34.7 Å². The second-order valence-corrected chi connectivity index (χ2v) is 6.88. The number of hydrogen-bond donors (Lipinski definition) is 1. The number of carbonyl (C=O) groups is 1. The van der Waals surface area contributed by atoms with Crippen molar-refractivity contribution in [2.24, 2.45) is 5.92 Å². The molecule has 3 rings (SSSR count). The Labute approximate surface area is 156 Å². The number of halogens is 1. The monoisotopic (exact) mass is 374 g/mol. The molecule has 0 atom stereocenters. The van der Waals surface area contributed by atoms with Crippen molar-refractivity contribution in [1.29, 1.82) is 0 Å². The Hall–Kier alpha value is -2.67. The first-order chi connectivity index (χ1) is 12.4. The van der Waals surface area contributed by atoms with Gasteiger partial charge in [-0.25, -0.2) is 4.98 Å². The Morgan fingerprint density at radius 2 is 2.04 bits per heavy atom. The van der Waals surface area contributed by atoms with Gasteiger partial charge in [0.15, 0.2) is 0 Å². The first kappa shape index (κ1) is 18.1. The number of piperidine rings is 1. The van der Waals surface area contributed by atoms with Crippen LogP contribution in [0.1, 0.15) is 30.1 Å². The summed E-state index contributed by atoms with van der Waals surface area (Å²) in [5, 5.41) is 14.3. The van der Waals surface area contributed by atoms with Crippen LogP contribution in [-0.2, 0) is 0 Å². The number of rotatable bonds is 4. The van der Waals surface area contributed by atoms with Crippen LogP contribution in [0.15, 0.2) is 36.5 Å². The number of amides is 1. The summed E-state index contributed by atoms with van der Waals surface area (Å²) in [5.41, 5.74) is 0.854. The number of nitrogens with zero attached hydrogens (tertiary/aromatic N) is 3. The first-order valence-electron chi connectivity index (χ1n) is 8.40. The van der Waals surface area contributed by atoms with Crippen LogP contribution in [0.3, 0.4) is 0 Å². The third-order valence-corrected chi connectivity index (χ3v) is 4.75. The molecule has 0 radical (unpaired) electrons. The van der Waals surface area contributed by atoms with E-state index >= 15 is 0 Å². The maximum atomic E-state index is 12.8. The maximum absolute atomic E-state index is 12.8. The highest BCUT2D eigenvalue weighted by Crippen LogP contribution is 2.30. The van der Waals surface area contributed by atoms with Crippen LogP contribution >= 0.6 is 11.6 Å². The van der Waals surface area contributed by atoms with Gasteiger partial charge in [0.05, 0.1) is 21.2 Å². The molecule has 1 fully saturated rings. The fraction of sp³-hybridized carbons (Fsp3) is 0.333. The zero-order chi connectivity index (χ0) is 18.7.